The van der Waals surface area contributed by atoms with E-state index in [0.717, 1.165) is 12.3 Å². The Morgan fingerprint density at radius 3 is 2.58 bits per heavy atom. The molecule has 0 bridgehead atoms. The van der Waals surface area contributed by atoms with Crippen LogP contribution in [0.1, 0.15) is 5.56 Å². The minimum atomic E-state index is -4.55. The Bertz CT molecular complexity index is 753. The molecule has 0 aliphatic rings. The van der Waals surface area contributed by atoms with Gasteiger partial charge in [0.1, 0.15) is 30.5 Å². The number of benzene rings is 1. The molecule has 26 heavy (non-hydrogen) atoms. The molecule has 1 unspecified atom stereocenters. The number of pyridine rings is 1. The van der Waals surface area contributed by atoms with Crippen LogP contribution in [0.2, 0.25) is 0 Å². The van der Waals surface area contributed by atoms with E-state index in [9.17, 15) is 28.4 Å². The largest absolute Gasteiger partial charge is 0.490 e. The summed E-state index contributed by atoms with van der Waals surface area (Å²) >= 11 is 0. The van der Waals surface area contributed by atoms with Gasteiger partial charge in [-0.15, -0.1) is 0 Å². The number of para-hydroxylation sites is 1. The van der Waals surface area contributed by atoms with Crippen LogP contribution >= 0.6 is 0 Å². The van der Waals surface area contributed by atoms with E-state index in [1.807, 2.05) is 0 Å². The molecule has 0 saturated carbocycles. The molecule has 1 N–H and O–H groups in total. The second-order valence-corrected chi connectivity index (χ2v) is 5.47. The number of rotatable bonds is 7. The Morgan fingerprint density at radius 1 is 1.31 bits per heavy atom. The van der Waals surface area contributed by atoms with Crippen molar-refractivity contribution in [2.24, 2.45) is 0 Å². The lowest BCUT2D eigenvalue weighted by atomic mass is 10.2. The fraction of sp³-hybridized carbons (Fsp3) is 0.312. The van der Waals surface area contributed by atoms with Gasteiger partial charge in [-0.25, -0.2) is 4.98 Å². The maximum Gasteiger partial charge on any atom is 0.419 e. The number of likely N-dealkylation sites (N-methyl/N-ethyl adjacent to an activating group) is 1. The Labute approximate surface area is 146 Å². The van der Waals surface area contributed by atoms with E-state index < -0.39 is 22.8 Å². The van der Waals surface area contributed by atoms with Crippen LogP contribution in [0.3, 0.4) is 0 Å². The molecule has 0 aliphatic carbocycles. The van der Waals surface area contributed by atoms with Crippen LogP contribution in [0.4, 0.5) is 24.7 Å². The zero-order valence-corrected chi connectivity index (χ0v) is 13.7. The van der Waals surface area contributed by atoms with Crippen molar-refractivity contribution >= 4 is 11.5 Å². The highest BCUT2D eigenvalue weighted by Crippen LogP contribution is 2.35. The summed E-state index contributed by atoms with van der Waals surface area (Å²) < 4.78 is 43.8. The quantitative estimate of drug-likeness (QED) is 0.595. The molecule has 2 aromatic rings. The number of nitrogens with zero attached hydrogens (tertiary/aromatic N) is 3. The molecule has 1 aromatic carbocycles. The van der Waals surface area contributed by atoms with E-state index in [0.29, 0.717) is 5.82 Å². The van der Waals surface area contributed by atoms with Gasteiger partial charge in [-0.1, -0.05) is 12.1 Å². The third kappa shape index (κ3) is 5.06. The molecule has 0 aliphatic heterocycles. The van der Waals surface area contributed by atoms with E-state index in [-0.39, 0.29) is 24.6 Å². The van der Waals surface area contributed by atoms with Crippen molar-refractivity contribution in [1.29, 1.82) is 0 Å². The lowest BCUT2D eigenvalue weighted by molar-refractivity contribution is -0.385. The number of hydrogen-bond donors (Lipinski definition) is 1. The van der Waals surface area contributed by atoms with E-state index in [4.69, 9.17) is 4.74 Å². The second kappa shape index (κ2) is 8.00. The monoisotopic (exact) mass is 371 g/mol. The number of halogens is 3. The molecule has 1 aromatic heterocycles. The number of nitro groups is 1. The van der Waals surface area contributed by atoms with Crippen LogP contribution in [0.15, 0.2) is 42.6 Å². The van der Waals surface area contributed by atoms with Gasteiger partial charge >= 0.3 is 6.18 Å². The van der Waals surface area contributed by atoms with Gasteiger partial charge in [-0.05, 0) is 18.2 Å². The molecule has 1 atom stereocenters. The molecular formula is C16H16F3N3O4. The van der Waals surface area contributed by atoms with E-state index >= 15 is 0 Å². The molecule has 0 spiro atoms. The Kier molecular flexibility index (Phi) is 5.98. The highest BCUT2D eigenvalue weighted by atomic mass is 19.4. The number of hydrogen-bond acceptors (Lipinski definition) is 6. The van der Waals surface area contributed by atoms with Gasteiger partial charge in [0.15, 0.2) is 0 Å². The van der Waals surface area contributed by atoms with Crippen LogP contribution in [-0.2, 0) is 6.18 Å². The van der Waals surface area contributed by atoms with Crippen molar-refractivity contribution in [1.82, 2.24) is 4.98 Å². The first-order valence-corrected chi connectivity index (χ1v) is 7.47. The summed E-state index contributed by atoms with van der Waals surface area (Å²) in [4.78, 5) is 15.4. The molecule has 1 heterocycles. The molecule has 140 valence electrons. The summed E-state index contributed by atoms with van der Waals surface area (Å²) in [5.74, 6) is 0.000468. The smallest absolute Gasteiger partial charge is 0.419 e. The Morgan fingerprint density at radius 2 is 2.00 bits per heavy atom. The minimum Gasteiger partial charge on any atom is -0.490 e. The standard InChI is InChI=1S/C16H16F3N3O4/c1-21(15-7-6-11(8-20-15)22(24)25)9-12(23)10-26-14-5-3-2-4-13(14)16(17,18)19/h2-8,12,23H,9-10H2,1H3. The average molecular weight is 371 g/mol. The molecule has 0 amide bonds. The molecule has 0 saturated heterocycles. The number of ether oxygens (including phenoxy) is 1. The van der Waals surface area contributed by atoms with Gasteiger partial charge in [0.25, 0.3) is 5.69 Å². The van der Waals surface area contributed by atoms with Gasteiger partial charge < -0.3 is 14.7 Å². The number of aromatic nitrogens is 1. The second-order valence-electron chi connectivity index (χ2n) is 5.47. The van der Waals surface area contributed by atoms with Gasteiger partial charge in [0.05, 0.1) is 10.5 Å². The fourth-order valence-corrected chi connectivity index (χ4v) is 2.19. The van der Waals surface area contributed by atoms with E-state index in [1.54, 1.807) is 7.05 Å². The zero-order valence-electron chi connectivity index (χ0n) is 13.7. The van der Waals surface area contributed by atoms with Gasteiger partial charge in [-0.3, -0.25) is 10.1 Å². The van der Waals surface area contributed by atoms with Crippen LogP contribution in [-0.4, -0.2) is 41.3 Å². The Balaban J connectivity index is 1.95. The molecule has 0 radical (unpaired) electrons. The summed E-state index contributed by atoms with van der Waals surface area (Å²) in [6.45, 7) is -0.344. The van der Waals surface area contributed by atoms with Crippen molar-refractivity contribution in [3.63, 3.8) is 0 Å². The van der Waals surface area contributed by atoms with Gasteiger partial charge in [-0.2, -0.15) is 13.2 Å². The summed E-state index contributed by atoms with van der Waals surface area (Å²) in [7, 11) is 1.58. The van der Waals surface area contributed by atoms with Crippen LogP contribution < -0.4 is 9.64 Å². The number of alkyl halides is 3. The van der Waals surface area contributed by atoms with Crippen LogP contribution in [0.5, 0.6) is 5.75 Å². The first-order valence-electron chi connectivity index (χ1n) is 7.47. The molecule has 2 rings (SSSR count). The van der Waals surface area contributed by atoms with Crippen molar-refractivity contribution < 1.29 is 27.9 Å². The SMILES string of the molecule is CN(CC(O)COc1ccccc1C(F)(F)F)c1ccc([N+](=O)[O-])cn1. The van der Waals surface area contributed by atoms with Gasteiger partial charge in [0.2, 0.25) is 0 Å². The fourth-order valence-electron chi connectivity index (χ4n) is 2.19. The summed E-state index contributed by atoms with van der Waals surface area (Å²) in [5, 5.41) is 20.6. The third-order valence-electron chi connectivity index (χ3n) is 3.44. The van der Waals surface area contributed by atoms with Crippen LogP contribution in [0, 0.1) is 10.1 Å². The van der Waals surface area contributed by atoms with Crippen molar-refractivity contribution in [2.45, 2.75) is 12.3 Å². The van der Waals surface area contributed by atoms with E-state index in [2.05, 4.69) is 4.98 Å². The van der Waals surface area contributed by atoms with E-state index in [1.165, 1.54) is 35.2 Å². The molecule has 0 fully saturated rings. The topological polar surface area (TPSA) is 88.7 Å². The number of aliphatic hydroxyl groups is 1. The van der Waals surface area contributed by atoms with Crippen molar-refractivity contribution in [2.75, 3.05) is 25.1 Å². The third-order valence-corrected chi connectivity index (χ3v) is 3.44. The normalized spacial score (nSPS) is 12.5. The highest BCUT2D eigenvalue weighted by molar-refractivity contribution is 5.42. The summed E-state index contributed by atoms with van der Waals surface area (Å²) in [6.07, 6.45) is -4.58. The minimum absolute atomic E-state index is 0.0129. The molecule has 7 nitrogen and oxygen atoms in total. The lowest BCUT2D eigenvalue weighted by Crippen LogP contribution is -2.33. The Hall–Kier alpha value is -2.88. The predicted molar refractivity (Wildman–Crippen MR) is 87.1 cm³/mol. The zero-order chi connectivity index (χ0) is 19.3. The first kappa shape index (κ1) is 19.4. The maximum absolute atomic E-state index is 12.9. The number of aliphatic hydroxyl groups excluding tert-OH is 1. The van der Waals surface area contributed by atoms with Gasteiger partial charge in [0, 0.05) is 19.7 Å². The first-order chi connectivity index (χ1) is 12.2. The summed E-state index contributed by atoms with van der Waals surface area (Å²) in [6, 6.07) is 7.40. The maximum atomic E-state index is 12.9. The van der Waals surface area contributed by atoms with Crippen molar-refractivity contribution in [3.05, 3.63) is 58.3 Å². The predicted octanol–water partition coefficient (Wildman–Crippen LogP) is 2.88. The number of anilines is 1. The summed E-state index contributed by atoms with van der Waals surface area (Å²) in [5.41, 5.74) is -1.09. The highest BCUT2D eigenvalue weighted by Gasteiger charge is 2.34. The molecular weight excluding hydrogens is 355 g/mol. The molecule has 10 heteroatoms. The lowest BCUT2D eigenvalue weighted by Gasteiger charge is -2.22. The van der Waals surface area contributed by atoms with Crippen molar-refractivity contribution in [3.8, 4) is 5.75 Å². The average Bonchev–Trinajstić information content (AvgIpc) is 2.59. The van der Waals surface area contributed by atoms with Crippen LogP contribution in [0.25, 0.3) is 0 Å².